The first-order valence-corrected chi connectivity index (χ1v) is 5.64. The SMILES string of the molecule is FC1=C(F)C(F)(F)c2c(F)c(F)c(F)c3c(F)c(F)c(F)c1c23. The Morgan fingerprint density at radius 1 is 0.522 bits per heavy atom. The Labute approximate surface area is 119 Å². The monoisotopic (exact) mass is 346 g/mol. The van der Waals surface area contributed by atoms with Gasteiger partial charge < -0.3 is 0 Å². The molecule has 0 radical (unpaired) electrons. The maximum Gasteiger partial charge on any atom is 0.330 e. The summed E-state index contributed by atoms with van der Waals surface area (Å²) in [5, 5.41) is -3.77. The smallest absolute Gasteiger partial charge is 0.203 e. The van der Waals surface area contributed by atoms with Gasteiger partial charge in [0, 0.05) is 5.39 Å². The fraction of sp³-hybridized carbons (Fsp3) is 0.0769. The van der Waals surface area contributed by atoms with E-state index in [1.807, 2.05) is 0 Å². The summed E-state index contributed by atoms with van der Waals surface area (Å²) < 4.78 is 136. The summed E-state index contributed by atoms with van der Waals surface area (Å²) >= 11 is 0. The van der Waals surface area contributed by atoms with Crippen LogP contribution in [0, 0.1) is 34.9 Å². The molecule has 2 aromatic carbocycles. The van der Waals surface area contributed by atoms with Gasteiger partial charge in [-0.3, -0.25) is 0 Å². The second kappa shape index (κ2) is 4.39. The first-order chi connectivity index (χ1) is 10.5. The van der Waals surface area contributed by atoms with E-state index in [1.165, 1.54) is 0 Å². The highest BCUT2D eigenvalue weighted by molar-refractivity contribution is 5.99. The molecule has 0 aliphatic heterocycles. The van der Waals surface area contributed by atoms with Gasteiger partial charge in [-0.2, -0.15) is 8.78 Å². The number of hydrogen-bond donors (Lipinski definition) is 0. The lowest BCUT2D eigenvalue weighted by molar-refractivity contribution is 0.00968. The fourth-order valence-corrected chi connectivity index (χ4v) is 2.40. The van der Waals surface area contributed by atoms with Gasteiger partial charge in [-0.15, -0.1) is 0 Å². The van der Waals surface area contributed by atoms with Crippen molar-refractivity contribution in [3.63, 3.8) is 0 Å². The fourth-order valence-electron chi connectivity index (χ4n) is 2.40. The topological polar surface area (TPSA) is 0 Å². The van der Waals surface area contributed by atoms with Crippen molar-refractivity contribution in [3.05, 3.63) is 51.9 Å². The Morgan fingerprint density at radius 3 is 1.52 bits per heavy atom. The minimum atomic E-state index is -5.18. The number of benzene rings is 2. The van der Waals surface area contributed by atoms with Crippen LogP contribution in [0.4, 0.5) is 43.9 Å². The van der Waals surface area contributed by atoms with E-state index >= 15 is 0 Å². The van der Waals surface area contributed by atoms with Crippen LogP contribution in [0.2, 0.25) is 0 Å². The van der Waals surface area contributed by atoms with Crippen LogP contribution in [0.3, 0.4) is 0 Å². The van der Waals surface area contributed by atoms with Gasteiger partial charge in [0.1, 0.15) is 0 Å². The van der Waals surface area contributed by atoms with Crippen molar-refractivity contribution >= 4 is 16.6 Å². The molecule has 0 aromatic heterocycles. The Morgan fingerprint density at radius 2 is 1.00 bits per heavy atom. The molecule has 0 saturated heterocycles. The average Bonchev–Trinajstić information content (AvgIpc) is 2.48. The van der Waals surface area contributed by atoms with Gasteiger partial charge in [-0.05, 0) is 0 Å². The average molecular weight is 346 g/mol. The van der Waals surface area contributed by atoms with Crippen molar-refractivity contribution in [2.45, 2.75) is 5.92 Å². The molecular formula is C13F10. The normalized spacial score (nSPS) is 16.4. The molecule has 0 fully saturated rings. The number of halogens is 10. The van der Waals surface area contributed by atoms with Crippen molar-refractivity contribution in [2.24, 2.45) is 0 Å². The molecular weight excluding hydrogens is 346 g/mol. The molecule has 10 heteroatoms. The summed E-state index contributed by atoms with van der Waals surface area (Å²) in [6.07, 6.45) is 0. The van der Waals surface area contributed by atoms with Crippen LogP contribution in [-0.4, -0.2) is 0 Å². The Balaban J connectivity index is 2.79. The summed E-state index contributed by atoms with van der Waals surface area (Å²) in [5.74, 6) is -26.2. The first-order valence-electron chi connectivity index (χ1n) is 5.64. The largest absolute Gasteiger partial charge is 0.330 e. The third-order valence-electron chi connectivity index (χ3n) is 3.40. The van der Waals surface area contributed by atoms with Gasteiger partial charge in [-0.25, -0.2) is 35.1 Å². The maximum atomic E-state index is 13.7. The lowest BCUT2D eigenvalue weighted by atomic mass is 9.87. The summed E-state index contributed by atoms with van der Waals surface area (Å²) in [7, 11) is 0. The molecule has 0 N–H and O–H groups in total. The molecule has 1 aliphatic carbocycles. The lowest BCUT2D eigenvalue weighted by Crippen LogP contribution is -2.24. The molecule has 2 aromatic rings. The van der Waals surface area contributed by atoms with E-state index in [9.17, 15) is 43.9 Å². The molecule has 0 amide bonds. The summed E-state index contributed by atoms with van der Waals surface area (Å²) in [6.45, 7) is 0. The molecule has 122 valence electrons. The van der Waals surface area contributed by atoms with Crippen LogP contribution < -0.4 is 0 Å². The Kier molecular flexibility index (Phi) is 2.98. The first kappa shape index (κ1) is 15.6. The maximum absolute atomic E-state index is 13.7. The van der Waals surface area contributed by atoms with E-state index in [1.54, 1.807) is 0 Å². The quantitative estimate of drug-likeness (QED) is 0.443. The van der Waals surface area contributed by atoms with E-state index in [0.717, 1.165) is 0 Å². The van der Waals surface area contributed by atoms with Gasteiger partial charge >= 0.3 is 5.92 Å². The molecule has 3 rings (SSSR count). The zero-order valence-corrected chi connectivity index (χ0v) is 10.3. The highest BCUT2D eigenvalue weighted by Crippen LogP contribution is 2.53. The lowest BCUT2D eigenvalue weighted by Gasteiger charge is -2.25. The molecule has 23 heavy (non-hydrogen) atoms. The number of hydrogen-bond acceptors (Lipinski definition) is 0. The molecule has 0 bridgehead atoms. The van der Waals surface area contributed by atoms with Crippen LogP contribution >= 0.6 is 0 Å². The van der Waals surface area contributed by atoms with Crippen molar-refractivity contribution in [1.29, 1.82) is 0 Å². The van der Waals surface area contributed by atoms with Crippen molar-refractivity contribution < 1.29 is 43.9 Å². The molecule has 0 saturated carbocycles. The second-order valence-electron chi connectivity index (χ2n) is 4.59. The standard InChI is InChI=1S/C13F10/c14-5-2-1-3(7(16)10(5)19)8(17)12(21)13(22,23)4(1)9(18)11(20)6(2)15. The van der Waals surface area contributed by atoms with Crippen molar-refractivity contribution in [3.8, 4) is 0 Å². The Bertz CT molecular complexity index is 917. The second-order valence-corrected chi connectivity index (χ2v) is 4.59. The van der Waals surface area contributed by atoms with Crippen molar-refractivity contribution in [1.82, 2.24) is 0 Å². The van der Waals surface area contributed by atoms with Gasteiger partial charge in [-0.1, -0.05) is 0 Å². The van der Waals surface area contributed by atoms with Crippen LogP contribution in [0.15, 0.2) is 5.83 Å². The Hall–Kier alpha value is -2.26. The van der Waals surface area contributed by atoms with Crippen molar-refractivity contribution in [2.75, 3.05) is 0 Å². The van der Waals surface area contributed by atoms with Crippen LogP contribution in [0.1, 0.15) is 11.1 Å². The van der Waals surface area contributed by atoms with Gasteiger partial charge in [0.15, 0.2) is 40.7 Å². The van der Waals surface area contributed by atoms with Crippen LogP contribution in [0.5, 0.6) is 0 Å². The third-order valence-corrected chi connectivity index (χ3v) is 3.40. The van der Waals surface area contributed by atoms with Crippen LogP contribution in [0.25, 0.3) is 16.6 Å². The minimum absolute atomic E-state index is 1.82. The van der Waals surface area contributed by atoms with Crippen LogP contribution in [-0.2, 0) is 5.92 Å². The zero-order chi connectivity index (χ0) is 17.4. The summed E-state index contributed by atoms with van der Waals surface area (Å²) in [5.41, 5.74) is -4.27. The number of rotatable bonds is 0. The summed E-state index contributed by atoms with van der Waals surface area (Å²) in [6, 6.07) is 0. The van der Waals surface area contributed by atoms with E-state index < -0.39 is 74.4 Å². The van der Waals surface area contributed by atoms with E-state index in [2.05, 4.69) is 0 Å². The molecule has 0 spiro atoms. The molecule has 0 nitrogen and oxygen atoms in total. The van der Waals surface area contributed by atoms with Gasteiger partial charge in [0.25, 0.3) is 0 Å². The van der Waals surface area contributed by atoms with E-state index in [4.69, 9.17) is 0 Å². The summed E-state index contributed by atoms with van der Waals surface area (Å²) in [4.78, 5) is 0. The van der Waals surface area contributed by atoms with Gasteiger partial charge in [0.05, 0.1) is 16.5 Å². The third kappa shape index (κ3) is 1.63. The van der Waals surface area contributed by atoms with E-state index in [0.29, 0.717) is 0 Å². The molecule has 0 atom stereocenters. The molecule has 0 heterocycles. The predicted molar refractivity (Wildman–Crippen MR) is 56.7 cm³/mol. The predicted octanol–water partition coefficient (Wildman–Crippen LogP) is 5.39. The van der Waals surface area contributed by atoms with E-state index in [-0.39, 0.29) is 0 Å². The highest BCUT2D eigenvalue weighted by Gasteiger charge is 2.51. The highest BCUT2D eigenvalue weighted by atomic mass is 19.3. The van der Waals surface area contributed by atoms with Gasteiger partial charge in [0.2, 0.25) is 5.83 Å². The minimum Gasteiger partial charge on any atom is -0.203 e. The molecule has 1 aliphatic rings. The number of alkyl halides is 2. The number of allylic oxidation sites excluding steroid dienone is 1. The molecule has 0 unspecified atom stereocenters. The zero-order valence-electron chi connectivity index (χ0n) is 10.3.